The highest BCUT2D eigenvalue weighted by Gasteiger charge is 2.41. The van der Waals surface area contributed by atoms with E-state index in [-0.39, 0.29) is 17.1 Å². The van der Waals surface area contributed by atoms with Gasteiger partial charge in [-0.3, -0.25) is 20.2 Å². The lowest BCUT2D eigenvalue weighted by Gasteiger charge is -2.05. The lowest BCUT2D eigenvalue weighted by molar-refractivity contribution is -0.385. The number of rotatable bonds is 3. The average Bonchev–Trinajstić information content (AvgIpc) is 2.55. The van der Waals surface area contributed by atoms with Crippen molar-refractivity contribution in [3.05, 3.63) is 68.8 Å². The van der Waals surface area contributed by atoms with E-state index in [2.05, 4.69) is 4.74 Å². The van der Waals surface area contributed by atoms with E-state index in [4.69, 9.17) is 5.11 Å². The molecular formula is C14H9F3N2O7. The maximum absolute atomic E-state index is 11.8. The summed E-state index contributed by atoms with van der Waals surface area (Å²) in [7, 11) is 0. The maximum Gasteiger partial charge on any atom is 0.491 e. The third-order valence-corrected chi connectivity index (χ3v) is 2.55. The number of alkyl halides is 3. The predicted molar refractivity (Wildman–Crippen MR) is 79.5 cm³/mol. The Morgan fingerprint density at radius 1 is 0.885 bits per heavy atom. The molecule has 2 rings (SSSR count). The van der Waals surface area contributed by atoms with Crippen LogP contribution in [0.1, 0.15) is 0 Å². The highest BCUT2D eigenvalue weighted by Crippen LogP contribution is 2.22. The van der Waals surface area contributed by atoms with Gasteiger partial charge in [0, 0.05) is 24.3 Å². The number of phenolic OH excluding ortho intramolecular Hbond substituents is 1. The summed E-state index contributed by atoms with van der Waals surface area (Å²) >= 11 is 0. The van der Waals surface area contributed by atoms with Crippen molar-refractivity contribution >= 4 is 17.3 Å². The first-order valence-electron chi connectivity index (χ1n) is 6.47. The first-order chi connectivity index (χ1) is 12.0. The molecule has 0 unspecified atom stereocenters. The number of hydrogen-bond acceptors (Lipinski definition) is 7. The summed E-state index contributed by atoms with van der Waals surface area (Å²) in [5, 5.41) is 29.0. The standard InChI is InChI=1S/C8H4F3NO4.C6H5NO3/c9-8(10,11)7(13)16-6-3-1-5(2-4-6)12(14)15;8-6-3-1-5(2-4-6)7(9)10/h1-4H;1-4,8H. The summed E-state index contributed by atoms with van der Waals surface area (Å²) in [6.07, 6.45) is -5.10. The van der Waals surface area contributed by atoms with Crippen LogP contribution < -0.4 is 4.74 Å². The van der Waals surface area contributed by atoms with Gasteiger partial charge in [-0.2, -0.15) is 13.2 Å². The van der Waals surface area contributed by atoms with Crippen LogP contribution in [0.4, 0.5) is 24.5 Å². The molecule has 0 saturated heterocycles. The number of ether oxygens (including phenoxy) is 1. The number of aromatic hydroxyl groups is 1. The lowest BCUT2D eigenvalue weighted by Crippen LogP contribution is -2.27. The van der Waals surface area contributed by atoms with Gasteiger partial charge in [-0.1, -0.05) is 0 Å². The average molecular weight is 374 g/mol. The molecule has 2 aromatic rings. The summed E-state index contributed by atoms with van der Waals surface area (Å²) in [4.78, 5) is 29.4. The molecule has 0 heterocycles. The van der Waals surface area contributed by atoms with Crippen LogP contribution in [0.25, 0.3) is 0 Å². The molecule has 0 saturated carbocycles. The Labute approximate surface area is 142 Å². The second-order valence-electron chi connectivity index (χ2n) is 4.41. The minimum Gasteiger partial charge on any atom is -0.508 e. The number of esters is 1. The lowest BCUT2D eigenvalue weighted by atomic mass is 10.3. The van der Waals surface area contributed by atoms with Gasteiger partial charge in [0.25, 0.3) is 11.4 Å². The quantitative estimate of drug-likeness (QED) is 0.377. The van der Waals surface area contributed by atoms with E-state index in [1.807, 2.05) is 0 Å². The monoisotopic (exact) mass is 374 g/mol. The molecule has 0 amide bonds. The van der Waals surface area contributed by atoms with E-state index in [1.54, 1.807) is 0 Å². The second-order valence-corrected chi connectivity index (χ2v) is 4.41. The fourth-order valence-electron chi connectivity index (χ4n) is 1.38. The molecule has 138 valence electrons. The zero-order valence-corrected chi connectivity index (χ0v) is 12.5. The van der Waals surface area contributed by atoms with E-state index in [9.17, 15) is 38.2 Å². The smallest absolute Gasteiger partial charge is 0.491 e. The number of non-ortho nitro benzene ring substituents is 2. The largest absolute Gasteiger partial charge is 0.508 e. The highest BCUT2D eigenvalue weighted by molar-refractivity contribution is 5.78. The minimum atomic E-state index is -5.10. The third-order valence-electron chi connectivity index (χ3n) is 2.55. The number of nitro benzene ring substituents is 2. The van der Waals surface area contributed by atoms with Crippen molar-refractivity contribution in [3.63, 3.8) is 0 Å². The van der Waals surface area contributed by atoms with E-state index in [0.29, 0.717) is 0 Å². The molecule has 2 aromatic carbocycles. The molecule has 1 N–H and O–H groups in total. The van der Waals surface area contributed by atoms with Gasteiger partial charge in [-0.05, 0) is 24.3 Å². The molecule has 12 heteroatoms. The Morgan fingerprint density at radius 3 is 1.62 bits per heavy atom. The number of benzene rings is 2. The van der Waals surface area contributed by atoms with Crippen molar-refractivity contribution in [3.8, 4) is 11.5 Å². The number of nitrogens with zero attached hydrogens (tertiary/aromatic N) is 2. The summed E-state index contributed by atoms with van der Waals surface area (Å²) in [6.45, 7) is 0. The summed E-state index contributed by atoms with van der Waals surface area (Å²) < 4.78 is 39.2. The van der Waals surface area contributed by atoms with Crippen LogP contribution in [0.5, 0.6) is 11.5 Å². The van der Waals surface area contributed by atoms with Crippen molar-refractivity contribution in [2.75, 3.05) is 0 Å². The number of carbonyl (C=O) groups is 1. The van der Waals surface area contributed by atoms with Crippen LogP contribution in [-0.4, -0.2) is 27.1 Å². The number of hydrogen-bond donors (Lipinski definition) is 1. The normalized spacial score (nSPS) is 10.3. The summed E-state index contributed by atoms with van der Waals surface area (Å²) in [5.41, 5.74) is -0.329. The second kappa shape index (κ2) is 8.41. The molecule has 0 radical (unpaired) electrons. The molecule has 0 fully saturated rings. The Balaban J connectivity index is 0.000000289. The Bertz CT molecular complexity index is 790. The van der Waals surface area contributed by atoms with Gasteiger partial charge < -0.3 is 9.84 Å². The topological polar surface area (TPSA) is 133 Å². The van der Waals surface area contributed by atoms with Gasteiger partial charge in [0.1, 0.15) is 11.5 Å². The first kappa shape index (κ1) is 20.3. The minimum absolute atomic E-state index is 0.0159. The van der Waals surface area contributed by atoms with Crippen molar-refractivity contribution in [2.45, 2.75) is 6.18 Å². The number of halogens is 3. The van der Waals surface area contributed by atoms with Gasteiger partial charge in [0.05, 0.1) is 9.85 Å². The molecule has 0 atom stereocenters. The number of carbonyl (C=O) groups excluding carboxylic acids is 1. The van der Waals surface area contributed by atoms with Crippen molar-refractivity contribution in [1.82, 2.24) is 0 Å². The highest BCUT2D eigenvalue weighted by atomic mass is 19.4. The van der Waals surface area contributed by atoms with Crippen LogP contribution >= 0.6 is 0 Å². The molecule has 26 heavy (non-hydrogen) atoms. The van der Waals surface area contributed by atoms with Crippen LogP contribution in [0.15, 0.2) is 48.5 Å². The van der Waals surface area contributed by atoms with Crippen LogP contribution in [0.2, 0.25) is 0 Å². The molecular weight excluding hydrogens is 365 g/mol. The summed E-state index contributed by atoms with van der Waals surface area (Å²) in [5.74, 6) is -2.75. The Hall–Kier alpha value is -3.70. The molecule has 0 aliphatic rings. The van der Waals surface area contributed by atoms with E-state index in [0.717, 1.165) is 24.3 Å². The Kier molecular flexibility index (Phi) is 6.58. The van der Waals surface area contributed by atoms with E-state index >= 15 is 0 Å². The molecule has 0 bridgehead atoms. The molecule has 0 aromatic heterocycles. The van der Waals surface area contributed by atoms with E-state index < -0.39 is 27.7 Å². The third kappa shape index (κ3) is 6.43. The van der Waals surface area contributed by atoms with Gasteiger partial charge >= 0.3 is 12.1 Å². The van der Waals surface area contributed by atoms with Gasteiger partial charge in [-0.15, -0.1) is 0 Å². The summed E-state index contributed by atoms with van der Waals surface area (Å²) in [6, 6.07) is 8.71. The van der Waals surface area contributed by atoms with Crippen LogP contribution in [-0.2, 0) is 4.79 Å². The molecule has 9 nitrogen and oxygen atoms in total. The van der Waals surface area contributed by atoms with E-state index in [1.165, 1.54) is 24.3 Å². The van der Waals surface area contributed by atoms with Crippen LogP contribution in [0, 0.1) is 20.2 Å². The first-order valence-corrected chi connectivity index (χ1v) is 6.47. The van der Waals surface area contributed by atoms with Crippen molar-refractivity contribution < 1.29 is 37.7 Å². The van der Waals surface area contributed by atoms with Gasteiger partial charge in [-0.25, -0.2) is 4.79 Å². The SMILES string of the molecule is O=C(Oc1ccc([N+](=O)[O-])cc1)C(F)(F)F.O=[N+]([O-])c1ccc(O)cc1. The fourth-order valence-corrected chi connectivity index (χ4v) is 1.38. The maximum atomic E-state index is 11.8. The van der Waals surface area contributed by atoms with Crippen molar-refractivity contribution in [1.29, 1.82) is 0 Å². The zero-order valence-electron chi connectivity index (χ0n) is 12.5. The molecule has 0 aliphatic carbocycles. The molecule has 0 aliphatic heterocycles. The zero-order chi connectivity index (χ0) is 19.9. The van der Waals surface area contributed by atoms with Crippen LogP contribution in [0.3, 0.4) is 0 Å². The Morgan fingerprint density at radius 2 is 1.27 bits per heavy atom. The molecule has 0 spiro atoms. The fraction of sp³-hybridized carbons (Fsp3) is 0.0714. The van der Waals surface area contributed by atoms with Gasteiger partial charge in [0.2, 0.25) is 0 Å². The predicted octanol–water partition coefficient (Wildman–Crippen LogP) is 3.36. The van der Waals surface area contributed by atoms with Crippen molar-refractivity contribution in [2.24, 2.45) is 0 Å². The van der Waals surface area contributed by atoms with Gasteiger partial charge in [0.15, 0.2) is 0 Å². The number of phenols is 1. The number of nitro groups is 2.